The fourth-order valence-electron chi connectivity index (χ4n) is 3.41. The Morgan fingerprint density at radius 1 is 1.22 bits per heavy atom. The molecule has 0 aliphatic carbocycles. The van der Waals surface area contributed by atoms with Gasteiger partial charge in [0.1, 0.15) is 17.5 Å². The lowest BCUT2D eigenvalue weighted by Gasteiger charge is -2.23. The van der Waals surface area contributed by atoms with Crippen molar-refractivity contribution in [2.45, 2.75) is 30.2 Å². The minimum Gasteiger partial charge on any atom is -0.323 e. The van der Waals surface area contributed by atoms with Gasteiger partial charge in [-0.2, -0.15) is 0 Å². The van der Waals surface area contributed by atoms with Gasteiger partial charge >= 0.3 is 0 Å². The highest BCUT2D eigenvalue weighted by atomic mass is 32.2. The normalized spacial score (nSPS) is 15.1. The number of H-pyrrole nitrogens is 1. The van der Waals surface area contributed by atoms with Gasteiger partial charge in [0.05, 0.1) is 17.2 Å². The number of amides is 2. The average Bonchev–Trinajstić information content (AvgIpc) is 2.74. The minimum absolute atomic E-state index is 0.0170. The molecule has 1 atom stereocenters. The van der Waals surface area contributed by atoms with Crippen LogP contribution in [0.4, 0.5) is 20.3 Å². The van der Waals surface area contributed by atoms with E-state index in [1.807, 2.05) is 31.2 Å². The zero-order valence-electron chi connectivity index (χ0n) is 16.9. The van der Waals surface area contributed by atoms with Crippen molar-refractivity contribution in [1.29, 1.82) is 0 Å². The van der Waals surface area contributed by atoms with E-state index in [0.29, 0.717) is 5.75 Å². The van der Waals surface area contributed by atoms with Gasteiger partial charge < -0.3 is 15.6 Å². The van der Waals surface area contributed by atoms with Crippen molar-refractivity contribution in [3.05, 3.63) is 81.1 Å². The summed E-state index contributed by atoms with van der Waals surface area (Å²) in [5.74, 6) is -3.57. The molecule has 164 valence electrons. The number of rotatable bonds is 5. The van der Waals surface area contributed by atoms with E-state index in [1.165, 1.54) is 11.8 Å². The van der Waals surface area contributed by atoms with E-state index in [9.17, 15) is 23.2 Å². The summed E-state index contributed by atoms with van der Waals surface area (Å²) in [4.78, 5) is 44.6. The lowest BCUT2D eigenvalue weighted by atomic mass is 9.92. The minimum atomic E-state index is -1.20. The van der Waals surface area contributed by atoms with Crippen molar-refractivity contribution < 1.29 is 18.4 Å². The topological polar surface area (TPSA) is 104 Å². The van der Waals surface area contributed by atoms with Crippen LogP contribution in [0.1, 0.15) is 29.0 Å². The number of carbonyl (C=O) groups excluding carboxylic acids is 2. The van der Waals surface area contributed by atoms with Crippen LogP contribution in [0.15, 0.2) is 52.4 Å². The van der Waals surface area contributed by atoms with E-state index in [2.05, 4.69) is 20.6 Å². The van der Waals surface area contributed by atoms with Crippen LogP contribution in [0, 0.1) is 18.6 Å². The third-order valence-corrected chi connectivity index (χ3v) is 5.83. The number of hydrogen-bond donors (Lipinski definition) is 3. The Morgan fingerprint density at radius 2 is 2.03 bits per heavy atom. The van der Waals surface area contributed by atoms with Gasteiger partial charge in [0.15, 0.2) is 5.16 Å². The zero-order valence-corrected chi connectivity index (χ0v) is 17.7. The molecule has 32 heavy (non-hydrogen) atoms. The first-order valence-corrected chi connectivity index (χ1v) is 10.7. The molecule has 3 aromatic rings. The number of anilines is 2. The van der Waals surface area contributed by atoms with E-state index >= 15 is 0 Å². The van der Waals surface area contributed by atoms with Crippen LogP contribution in [0.3, 0.4) is 0 Å². The van der Waals surface area contributed by atoms with Crippen molar-refractivity contribution in [3.8, 4) is 0 Å². The van der Waals surface area contributed by atoms with Gasteiger partial charge in [-0.3, -0.25) is 14.4 Å². The van der Waals surface area contributed by atoms with E-state index in [4.69, 9.17) is 0 Å². The Balaban J connectivity index is 1.59. The number of carbonyl (C=O) groups is 2. The van der Waals surface area contributed by atoms with E-state index in [0.717, 1.165) is 29.3 Å². The van der Waals surface area contributed by atoms with Crippen molar-refractivity contribution >= 4 is 35.1 Å². The van der Waals surface area contributed by atoms with Crippen LogP contribution in [0.2, 0.25) is 0 Å². The van der Waals surface area contributed by atoms with Crippen LogP contribution in [0.25, 0.3) is 0 Å². The third-order valence-electron chi connectivity index (χ3n) is 4.89. The second-order valence-electron chi connectivity index (χ2n) is 7.33. The molecule has 10 heteroatoms. The summed E-state index contributed by atoms with van der Waals surface area (Å²) in [6, 6.07) is 10.5. The summed E-state index contributed by atoms with van der Waals surface area (Å²) in [5, 5.41) is 5.06. The highest BCUT2D eigenvalue weighted by Gasteiger charge is 2.35. The average molecular weight is 456 g/mol. The second-order valence-corrected chi connectivity index (χ2v) is 8.29. The van der Waals surface area contributed by atoms with E-state index in [1.54, 1.807) is 0 Å². The number of aryl methyl sites for hydroxylation is 1. The number of aromatic amines is 1. The monoisotopic (exact) mass is 456 g/mol. The molecule has 0 saturated heterocycles. The van der Waals surface area contributed by atoms with Crippen LogP contribution in [0.5, 0.6) is 0 Å². The van der Waals surface area contributed by atoms with E-state index in [-0.39, 0.29) is 28.6 Å². The number of hydrogen-bond acceptors (Lipinski definition) is 5. The molecule has 0 saturated carbocycles. The molecule has 0 radical (unpaired) electrons. The molecule has 1 aliphatic heterocycles. The quantitative estimate of drug-likeness (QED) is 0.401. The van der Waals surface area contributed by atoms with Crippen molar-refractivity contribution in [1.82, 2.24) is 9.97 Å². The molecular weight excluding hydrogens is 438 g/mol. The Labute approximate surface area is 185 Å². The van der Waals surface area contributed by atoms with Gasteiger partial charge in [-0.15, -0.1) is 0 Å². The maximum absolute atomic E-state index is 13.9. The first-order chi connectivity index (χ1) is 15.3. The van der Waals surface area contributed by atoms with Gasteiger partial charge in [-0.05, 0) is 24.6 Å². The molecule has 0 spiro atoms. The standard InChI is InChI=1S/C22H18F2N4O3S/c1-11-3-2-4-12(7-11)10-32-22-27-19-18(21(31)28-22)14(9-17(29)26-19)20(30)25-16-8-13(23)5-6-15(16)24/h2-8,14H,9-10H2,1H3,(H,25,30)(H2,26,27,28,29,31)/t14-/m0/s1. The van der Waals surface area contributed by atoms with Gasteiger partial charge in [0.2, 0.25) is 11.8 Å². The Hall–Kier alpha value is -3.53. The number of nitrogens with one attached hydrogen (secondary N) is 3. The van der Waals surface area contributed by atoms with Crippen molar-refractivity contribution in [3.63, 3.8) is 0 Å². The predicted octanol–water partition coefficient (Wildman–Crippen LogP) is 3.71. The Bertz CT molecular complexity index is 1280. The summed E-state index contributed by atoms with van der Waals surface area (Å²) in [6.07, 6.45) is -0.323. The molecule has 0 unspecified atom stereocenters. The highest BCUT2D eigenvalue weighted by Crippen LogP contribution is 2.31. The van der Waals surface area contributed by atoms with Gasteiger partial charge in [-0.25, -0.2) is 13.8 Å². The molecule has 7 nitrogen and oxygen atoms in total. The van der Waals surface area contributed by atoms with Crippen LogP contribution >= 0.6 is 11.8 Å². The number of benzene rings is 2. The van der Waals surface area contributed by atoms with Gasteiger partial charge in [0.25, 0.3) is 5.56 Å². The summed E-state index contributed by atoms with van der Waals surface area (Å²) in [6.45, 7) is 1.98. The SMILES string of the molecule is Cc1cccc(CSc2nc3c(c(=O)[nH]2)[C@@H](C(=O)Nc2cc(F)ccc2F)CC(=O)N3)c1. The molecule has 2 amide bonds. The molecule has 3 N–H and O–H groups in total. The number of aromatic nitrogens is 2. The fraction of sp³-hybridized carbons (Fsp3) is 0.182. The van der Waals surface area contributed by atoms with Gasteiger partial charge in [0, 0.05) is 18.2 Å². The molecular formula is C22H18F2N4O3S. The smallest absolute Gasteiger partial charge is 0.257 e. The molecule has 4 rings (SSSR count). The largest absolute Gasteiger partial charge is 0.323 e. The highest BCUT2D eigenvalue weighted by molar-refractivity contribution is 7.98. The lowest BCUT2D eigenvalue weighted by molar-refractivity contribution is -0.123. The molecule has 2 aromatic carbocycles. The van der Waals surface area contributed by atoms with Crippen molar-refractivity contribution in [2.75, 3.05) is 10.6 Å². The van der Waals surface area contributed by atoms with Gasteiger partial charge in [-0.1, -0.05) is 41.6 Å². The molecule has 0 bridgehead atoms. The summed E-state index contributed by atoms with van der Waals surface area (Å²) in [7, 11) is 0. The van der Waals surface area contributed by atoms with Crippen LogP contribution in [-0.2, 0) is 15.3 Å². The first-order valence-electron chi connectivity index (χ1n) is 9.68. The lowest BCUT2D eigenvalue weighted by Crippen LogP contribution is -2.36. The molecule has 0 fully saturated rings. The summed E-state index contributed by atoms with van der Waals surface area (Å²) in [5.41, 5.74) is 1.15. The van der Waals surface area contributed by atoms with E-state index < -0.39 is 34.9 Å². The molecule has 1 aromatic heterocycles. The number of thioether (sulfide) groups is 1. The first kappa shape index (κ1) is 21.7. The summed E-state index contributed by atoms with van der Waals surface area (Å²) >= 11 is 1.28. The van der Waals surface area contributed by atoms with Crippen LogP contribution in [-0.4, -0.2) is 21.8 Å². The summed E-state index contributed by atoms with van der Waals surface area (Å²) < 4.78 is 27.3. The Morgan fingerprint density at radius 3 is 2.81 bits per heavy atom. The predicted molar refractivity (Wildman–Crippen MR) is 117 cm³/mol. The Kier molecular flexibility index (Phi) is 6.04. The fourth-order valence-corrected chi connectivity index (χ4v) is 4.21. The zero-order chi connectivity index (χ0) is 22.8. The number of fused-ring (bicyclic) bond motifs is 1. The number of halogens is 2. The molecule has 2 heterocycles. The van der Waals surface area contributed by atoms with Crippen LogP contribution < -0.4 is 16.2 Å². The third kappa shape index (κ3) is 4.70. The second kappa shape index (κ2) is 8.91. The maximum Gasteiger partial charge on any atom is 0.257 e. The number of nitrogens with zero attached hydrogens (tertiary/aromatic N) is 1. The maximum atomic E-state index is 13.9. The van der Waals surface area contributed by atoms with Crippen molar-refractivity contribution in [2.24, 2.45) is 0 Å². The molecule has 1 aliphatic rings.